The minimum Gasteiger partial charge on any atom is -0.392 e. The van der Waals surface area contributed by atoms with E-state index in [4.69, 9.17) is 5.11 Å². The van der Waals surface area contributed by atoms with E-state index in [0.717, 1.165) is 37.9 Å². The van der Waals surface area contributed by atoms with Crippen LogP contribution in [0.5, 0.6) is 0 Å². The Morgan fingerprint density at radius 2 is 2.05 bits per heavy atom. The summed E-state index contributed by atoms with van der Waals surface area (Å²) in [5.74, 6) is 0.978. The molecule has 0 aromatic rings. The van der Waals surface area contributed by atoms with Gasteiger partial charge in [0.15, 0.2) is 0 Å². The summed E-state index contributed by atoms with van der Waals surface area (Å²) in [6.07, 6.45) is 8.52. The summed E-state index contributed by atoms with van der Waals surface area (Å²) < 4.78 is 0. The highest BCUT2D eigenvalue weighted by molar-refractivity contribution is 5.04. The van der Waals surface area contributed by atoms with E-state index in [1.165, 1.54) is 37.9 Å². The Morgan fingerprint density at radius 3 is 2.67 bits per heavy atom. The van der Waals surface area contributed by atoms with Crippen molar-refractivity contribution in [2.45, 2.75) is 58.9 Å². The Labute approximate surface area is 132 Å². The van der Waals surface area contributed by atoms with Crippen LogP contribution in [0.25, 0.3) is 0 Å². The Morgan fingerprint density at radius 1 is 1.29 bits per heavy atom. The lowest BCUT2D eigenvalue weighted by Gasteiger charge is -2.34. The third-order valence-corrected chi connectivity index (χ3v) is 4.82. The van der Waals surface area contributed by atoms with Crippen LogP contribution in [0.1, 0.15) is 52.9 Å². The topological polar surface area (TPSA) is 26.7 Å². The van der Waals surface area contributed by atoms with E-state index in [0.29, 0.717) is 0 Å². The number of aliphatic hydroxyl groups is 1. The molecule has 3 heteroatoms. The quantitative estimate of drug-likeness (QED) is 0.811. The molecule has 0 aliphatic carbocycles. The van der Waals surface area contributed by atoms with E-state index in [9.17, 15) is 0 Å². The highest BCUT2D eigenvalue weighted by atomic mass is 16.3. The molecule has 21 heavy (non-hydrogen) atoms. The molecule has 0 spiro atoms. The van der Waals surface area contributed by atoms with Gasteiger partial charge in [0.25, 0.3) is 0 Å². The normalized spacial score (nSPS) is 25.0. The SMILES string of the molecule is CCC1CCCN(C(C)C)C1.CN1CCC=C(CO)CC1. The molecular weight excluding hydrogens is 260 g/mol. The molecule has 2 aliphatic heterocycles. The summed E-state index contributed by atoms with van der Waals surface area (Å²) in [6, 6.07) is 0.754. The van der Waals surface area contributed by atoms with Crippen molar-refractivity contribution in [1.29, 1.82) is 0 Å². The number of rotatable bonds is 3. The molecule has 1 saturated heterocycles. The first kappa shape index (κ1) is 18.7. The molecule has 2 heterocycles. The second-order valence-electron chi connectivity index (χ2n) is 6.87. The summed E-state index contributed by atoms with van der Waals surface area (Å²) >= 11 is 0. The number of likely N-dealkylation sites (tertiary alicyclic amines) is 1. The molecule has 2 rings (SSSR count). The fourth-order valence-electron chi connectivity index (χ4n) is 3.08. The van der Waals surface area contributed by atoms with Crippen molar-refractivity contribution in [2.75, 3.05) is 39.8 Å². The molecule has 3 nitrogen and oxygen atoms in total. The van der Waals surface area contributed by atoms with Gasteiger partial charge in [-0.3, -0.25) is 0 Å². The molecule has 1 fully saturated rings. The van der Waals surface area contributed by atoms with Gasteiger partial charge >= 0.3 is 0 Å². The fourth-order valence-corrected chi connectivity index (χ4v) is 3.08. The first-order chi connectivity index (χ1) is 10.1. The van der Waals surface area contributed by atoms with Gasteiger partial charge in [0.2, 0.25) is 0 Å². The van der Waals surface area contributed by atoms with E-state index >= 15 is 0 Å². The highest BCUT2D eigenvalue weighted by Crippen LogP contribution is 2.20. The van der Waals surface area contributed by atoms with Crippen molar-refractivity contribution in [1.82, 2.24) is 9.80 Å². The van der Waals surface area contributed by atoms with E-state index in [2.05, 4.69) is 43.7 Å². The summed E-state index contributed by atoms with van der Waals surface area (Å²) in [4.78, 5) is 4.90. The standard InChI is InChI=1S/C10H21N.C8H15NO/c1-4-10-6-5-7-11(8-10)9(2)3;1-9-5-2-3-8(7-10)4-6-9/h9-10H,4-8H2,1-3H3;3,10H,2,4-7H2,1H3. The lowest BCUT2D eigenvalue weighted by Crippen LogP contribution is -2.39. The monoisotopic (exact) mass is 296 g/mol. The van der Waals surface area contributed by atoms with E-state index in [1.54, 1.807) is 0 Å². The Balaban J connectivity index is 0.000000211. The zero-order valence-corrected chi connectivity index (χ0v) is 14.6. The van der Waals surface area contributed by atoms with E-state index < -0.39 is 0 Å². The van der Waals surface area contributed by atoms with Crippen molar-refractivity contribution in [3.63, 3.8) is 0 Å². The summed E-state index contributed by atoms with van der Waals surface area (Å²) in [5.41, 5.74) is 1.20. The van der Waals surface area contributed by atoms with E-state index in [1.807, 2.05) is 0 Å². The first-order valence-electron chi connectivity index (χ1n) is 8.78. The number of hydrogen-bond donors (Lipinski definition) is 1. The number of hydrogen-bond acceptors (Lipinski definition) is 3. The van der Waals surface area contributed by atoms with Crippen LogP contribution in [0, 0.1) is 5.92 Å². The van der Waals surface area contributed by atoms with Gasteiger partial charge in [-0.1, -0.05) is 19.4 Å². The van der Waals surface area contributed by atoms with Gasteiger partial charge in [0.1, 0.15) is 0 Å². The van der Waals surface area contributed by atoms with Crippen LogP contribution in [0.15, 0.2) is 11.6 Å². The van der Waals surface area contributed by atoms with Crippen molar-refractivity contribution in [3.05, 3.63) is 11.6 Å². The summed E-state index contributed by atoms with van der Waals surface area (Å²) in [6.45, 7) is 12.1. The maximum atomic E-state index is 8.82. The molecule has 0 amide bonds. The third-order valence-electron chi connectivity index (χ3n) is 4.82. The van der Waals surface area contributed by atoms with Crippen LogP contribution in [-0.2, 0) is 0 Å². The Bertz CT molecular complexity index is 302. The number of aliphatic hydroxyl groups excluding tert-OH is 1. The van der Waals surface area contributed by atoms with Gasteiger partial charge in [-0.25, -0.2) is 0 Å². The zero-order valence-electron chi connectivity index (χ0n) is 14.6. The molecule has 1 unspecified atom stereocenters. The van der Waals surface area contributed by atoms with Gasteiger partial charge < -0.3 is 14.9 Å². The van der Waals surface area contributed by atoms with Gasteiger partial charge in [-0.2, -0.15) is 0 Å². The molecule has 0 bridgehead atoms. The second-order valence-corrected chi connectivity index (χ2v) is 6.87. The van der Waals surface area contributed by atoms with E-state index in [-0.39, 0.29) is 6.61 Å². The third kappa shape index (κ3) is 7.44. The lowest BCUT2D eigenvalue weighted by molar-refractivity contribution is 0.138. The van der Waals surface area contributed by atoms with Gasteiger partial charge in [-0.05, 0) is 64.6 Å². The van der Waals surface area contributed by atoms with Crippen molar-refractivity contribution in [2.24, 2.45) is 5.92 Å². The maximum absolute atomic E-state index is 8.82. The number of nitrogens with zero attached hydrogens (tertiary/aromatic N) is 2. The molecule has 0 saturated carbocycles. The predicted octanol–water partition coefficient (Wildman–Crippen LogP) is 3.15. The van der Waals surface area contributed by atoms with Crippen molar-refractivity contribution in [3.8, 4) is 0 Å². The largest absolute Gasteiger partial charge is 0.392 e. The number of piperidine rings is 1. The molecule has 0 aromatic carbocycles. The fraction of sp³-hybridized carbons (Fsp3) is 0.889. The van der Waals surface area contributed by atoms with Crippen LogP contribution in [0.4, 0.5) is 0 Å². The van der Waals surface area contributed by atoms with Gasteiger partial charge in [0.05, 0.1) is 6.61 Å². The van der Waals surface area contributed by atoms with Crippen LogP contribution >= 0.6 is 0 Å². The predicted molar refractivity (Wildman–Crippen MR) is 91.6 cm³/mol. The van der Waals surface area contributed by atoms with Gasteiger partial charge in [0, 0.05) is 25.7 Å². The Hall–Kier alpha value is -0.380. The Kier molecular flexibility index (Phi) is 9.21. The van der Waals surface area contributed by atoms with Crippen LogP contribution in [0.2, 0.25) is 0 Å². The van der Waals surface area contributed by atoms with Crippen LogP contribution in [0.3, 0.4) is 0 Å². The minimum atomic E-state index is 0.244. The summed E-state index contributed by atoms with van der Waals surface area (Å²) in [7, 11) is 2.12. The van der Waals surface area contributed by atoms with Crippen molar-refractivity contribution >= 4 is 0 Å². The first-order valence-corrected chi connectivity index (χ1v) is 8.78. The van der Waals surface area contributed by atoms with Crippen LogP contribution < -0.4 is 0 Å². The molecular formula is C18H36N2O. The lowest BCUT2D eigenvalue weighted by atomic mass is 9.95. The molecule has 0 aromatic heterocycles. The van der Waals surface area contributed by atoms with Crippen LogP contribution in [-0.4, -0.2) is 60.8 Å². The smallest absolute Gasteiger partial charge is 0.0642 e. The second kappa shape index (κ2) is 10.4. The summed E-state index contributed by atoms with van der Waals surface area (Å²) in [5, 5.41) is 8.82. The molecule has 0 radical (unpaired) electrons. The minimum absolute atomic E-state index is 0.244. The average molecular weight is 296 g/mol. The molecule has 124 valence electrons. The highest BCUT2D eigenvalue weighted by Gasteiger charge is 2.19. The van der Waals surface area contributed by atoms with Crippen molar-refractivity contribution < 1.29 is 5.11 Å². The molecule has 2 aliphatic rings. The zero-order chi connectivity index (χ0) is 15.7. The molecule has 1 N–H and O–H groups in total. The van der Waals surface area contributed by atoms with Gasteiger partial charge in [-0.15, -0.1) is 0 Å². The maximum Gasteiger partial charge on any atom is 0.0642 e. The molecule has 1 atom stereocenters. The average Bonchev–Trinajstić information content (AvgIpc) is 2.72.